The van der Waals surface area contributed by atoms with E-state index in [4.69, 9.17) is 4.74 Å². The van der Waals surface area contributed by atoms with Gasteiger partial charge in [-0.05, 0) is 57.1 Å². The normalized spacial score (nSPS) is 10.5. The van der Waals surface area contributed by atoms with Crippen LogP contribution in [0.5, 0.6) is 5.75 Å². The van der Waals surface area contributed by atoms with Crippen LogP contribution >= 0.6 is 15.9 Å². The average Bonchev–Trinajstić information content (AvgIpc) is 2.30. The third-order valence-corrected chi connectivity index (χ3v) is 3.21. The van der Waals surface area contributed by atoms with Crippen LogP contribution in [0.4, 0.5) is 0 Å². The highest BCUT2D eigenvalue weighted by atomic mass is 79.9. The molecule has 0 aromatic heterocycles. The van der Waals surface area contributed by atoms with Gasteiger partial charge in [-0.25, -0.2) is 0 Å². The van der Waals surface area contributed by atoms with Crippen molar-refractivity contribution in [2.45, 2.75) is 32.6 Å². The summed E-state index contributed by atoms with van der Waals surface area (Å²) in [5.41, 5.74) is 1.19. The van der Waals surface area contributed by atoms with Crippen molar-refractivity contribution in [2.75, 3.05) is 20.2 Å². The Kier molecular flexibility index (Phi) is 7.29. The molecule has 0 radical (unpaired) electrons. The first-order chi connectivity index (χ1) is 8.24. The van der Waals surface area contributed by atoms with E-state index in [9.17, 15) is 0 Å². The van der Waals surface area contributed by atoms with Crippen LogP contribution in [-0.2, 0) is 0 Å². The van der Waals surface area contributed by atoms with Crippen molar-refractivity contribution in [3.63, 3.8) is 0 Å². The number of benzene rings is 1. The fourth-order valence-corrected chi connectivity index (χ4v) is 2.19. The van der Waals surface area contributed by atoms with Gasteiger partial charge in [0.15, 0.2) is 0 Å². The molecule has 0 saturated carbocycles. The van der Waals surface area contributed by atoms with Crippen molar-refractivity contribution in [3.8, 4) is 5.75 Å². The zero-order valence-electron chi connectivity index (χ0n) is 10.8. The van der Waals surface area contributed by atoms with E-state index >= 15 is 0 Å². The Balaban J connectivity index is 2.14. The topological polar surface area (TPSA) is 21.3 Å². The van der Waals surface area contributed by atoms with Gasteiger partial charge in [0.2, 0.25) is 0 Å². The smallest absolute Gasteiger partial charge is 0.122 e. The van der Waals surface area contributed by atoms with Gasteiger partial charge in [0.25, 0.3) is 0 Å². The molecule has 96 valence electrons. The predicted molar refractivity (Wildman–Crippen MR) is 76.8 cm³/mol. The first-order valence-corrected chi connectivity index (χ1v) is 7.07. The molecule has 0 atom stereocenters. The van der Waals surface area contributed by atoms with Crippen LogP contribution in [0.2, 0.25) is 0 Å². The summed E-state index contributed by atoms with van der Waals surface area (Å²) in [5, 5.41) is 3.16. The van der Waals surface area contributed by atoms with Gasteiger partial charge in [0, 0.05) is 4.47 Å². The minimum absolute atomic E-state index is 0.821. The molecule has 1 aromatic rings. The molecule has 0 spiro atoms. The molecular formula is C14H22BrNO. The Morgan fingerprint density at radius 3 is 2.65 bits per heavy atom. The number of rotatable bonds is 8. The Hall–Kier alpha value is -0.540. The van der Waals surface area contributed by atoms with E-state index in [1.54, 1.807) is 0 Å². The second kappa shape index (κ2) is 8.54. The molecule has 0 fully saturated rings. The molecule has 1 aromatic carbocycles. The number of hydrogen-bond donors (Lipinski definition) is 1. The molecule has 17 heavy (non-hydrogen) atoms. The lowest BCUT2D eigenvalue weighted by Crippen LogP contribution is -2.07. The fraction of sp³-hybridized carbons (Fsp3) is 0.571. The number of aryl methyl sites for hydroxylation is 1. The van der Waals surface area contributed by atoms with Gasteiger partial charge in [-0.3, -0.25) is 0 Å². The van der Waals surface area contributed by atoms with E-state index < -0.39 is 0 Å². The summed E-state index contributed by atoms with van der Waals surface area (Å²) in [7, 11) is 2.00. The van der Waals surface area contributed by atoms with Gasteiger partial charge < -0.3 is 10.1 Å². The molecule has 0 heterocycles. The number of nitrogens with one attached hydrogen (secondary N) is 1. The Labute approximate surface area is 113 Å². The van der Waals surface area contributed by atoms with Crippen LogP contribution in [0.25, 0.3) is 0 Å². The highest BCUT2D eigenvalue weighted by Crippen LogP contribution is 2.22. The van der Waals surface area contributed by atoms with Crippen molar-refractivity contribution in [1.82, 2.24) is 5.32 Å². The minimum atomic E-state index is 0.821. The number of unbranched alkanes of at least 4 members (excludes halogenated alkanes) is 3. The van der Waals surface area contributed by atoms with Crippen LogP contribution in [0.3, 0.4) is 0 Å². The molecule has 0 unspecified atom stereocenters. The third kappa shape index (κ3) is 6.08. The molecule has 0 bridgehead atoms. The molecule has 0 amide bonds. The lowest BCUT2D eigenvalue weighted by Gasteiger charge is -2.09. The lowest BCUT2D eigenvalue weighted by molar-refractivity contribution is 0.302. The Bertz CT molecular complexity index is 328. The number of hydrogen-bond acceptors (Lipinski definition) is 2. The average molecular weight is 300 g/mol. The molecular weight excluding hydrogens is 278 g/mol. The van der Waals surface area contributed by atoms with Gasteiger partial charge in [-0.1, -0.05) is 28.8 Å². The summed E-state index contributed by atoms with van der Waals surface area (Å²) in [4.78, 5) is 0. The van der Waals surface area contributed by atoms with Crippen molar-refractivity contribution >= 4 is 15.9 Å². The van der Waals surface area contributed by atoms with Gasteiger partial charge in [0.1, 0.15) is 5.75 Å². The molecule has 0 saturated heterocycles. The van der Waals surface area contributed by atoms with Gasteiger partial charge in [-0.15, -0.1) is 0 Å². The van der Waals surface area contributed by atoms with Crippen LogP contribution in [0.1, 0.15) is 31.2 Å². The molecule has 1 N–H and O–H groups in total. The molecule has 3 heteroatoms. The Morgan fingerprint density at radius 1 is 1.18 bits per heavy atom. The van der Waals surface area contributed by atoms with E-state index in [1.807, 2.05) is 19.2 Å². The van der Waals surface area contributed by atoms with Crippen LogP contribution in [0, 0.1) is 6.92 Å². The van der Waals surface area contributed by atoms with Crippen molar-refractivity contribution in [3.05, 3.63) is 28.2 Å². The van der Waals surface area contributed by atoms with Gasteiger partial charge in [0.05, 0.1) is 6.61 Å². The van der Waals surface area contributed by atoms with Crippen LogP contribution in [-0.4, -0.2) is 20.2 Å². The summed E-state index contributed by atoms with van der Waals surface area (Å²) in [6, 6.07) is 6.14. The Morgan fingerprint density at radius 2 is 1.94 bits per heavy atom. The molecule has 0 aliphatic rings. The van der Waals surface area contributed by atoms with E-state index in [2.05, 4.69) is 34.2 Å². The maximum atomic E-state index is 5.76. The van der Waals surface area contributed by atoms with E-state index in [0.717, 1.165) is 29.8 Å². The van der Waals surface area contributed by atoms with Crippen molar-refractivity contribution in [2.24, 2.45) is 0 Å². The number of halogens is 1. The largest absolute Gasteiger partial charge is 0.493 e. The fourth-order valence-electron chi connectivity index (χ4n) is 1.71. The molecule has 2 nitrogen and oxygen atoms in total. The predicted octanol–water partition coefficient (Wildman–Crippen LogP) is 3.92. The summed E-state index contributed by atoms with van der Waals surface area (Å²) in [6.45, 7) is 4.02. The van der Waals surface area contributed by atoms with E-state index in [-0.39, 0.29) is 0 Å². The second-order valence-corrected chi connectivity index (χ2v) is 5.19. The molecule has 0 aliphatic heterocycles. The minimum Gasteiger partial charge on any atom is -0.493 e. The lowest BCUT2D eigenvalue weighted by atomic mass is 10.2. The summed E-state index contributed by atoms with van der Waals surface area (Å²) < 4.78 is 6.87. The van der Waals surface area contributed by atoms with Gasteiger partial charge in [-0.2, -0.15) is 0 Å². The third-order valence-electron chi connectivity index (χ3n) is 2.72. The highest BCUT2D eigenvalue weighted by Gasteiger charge is 1.99. The maximum Gasteiger partial charge on any atom is 0.122 e. The van der Waals surface area contributed by atoms with Crippen LogP contribution in [0.15, 0.2) is 22.7 Å². The molecule has 1 rings (SSSR count). The van der Waals surface area contributed by atoms with Gasteiger partial charge >= 0.3 is 0 Å². The SMILES string of the molecule is CNCCCCCCOc1ccc(Br)cc1C. The van der Waals surface area contributed by atoms with E-state index in [0.29, 0.717) is 0 Å². The summed E-state index contributed by atoms with van der Waals surface area (Å²) >= 11 is 3.45. The zero-order chi connectivity index (χ0) is 12.5. The molecule has 0 aliphatic carbocycles. The standard InChI is InChI=1S/C14H22BrNO/c1-12-11-13(15)7-8-14(12)17-10-6-4-3-5-9-16-2/h7-8,11,16H,3-6,9-10H2,1-2H3. The summed E-state index contributed by atoms with van der Waals surface area (Å²) in [6.07, 6.45) is 4.92. The zero-order valence-corrected chi connectivity index (χ0v) is 12.3. The van der Waals surface area contributed by atoms with Crippen molar-refractivity contribution < 1.29 is 4.74 Å². The van der Waals surface area contributed by atoms with Crippen LogP contribution < -0.4 is 10.1 Å². The second-order valence-electron chi connectivity index (χ2n) is 4.28. The summed E-state index contributed by atoms with van der Waals surface area (Å²) in [5.74, 6) is 1.00. The first kappa shape index (κ1) is 14.5. The maximum absolute atomic E-state index is 5.76. The van der Waals surface area contributed by atoms with E-state index in [1.165, 1.54) is 24.8 Å². The number of ether oxygens (including phenoxy) is 1. The first-order valence-electron chi connectivity index (χ1n) is 6.27. The van der Waals surface area contributed by atoms with Crippen molar-refractivity contribution in [1.29, 1.82) is 0 Å². The monoisotopic (exact) mass is 299 g/mol. The highest BCUT2D eigenvalue weighted by molar-refractivity contribution is 9.10. The quantitative estimate of drug-likeness (QED) is 0.735.